The minimum Gasteiger partial charge on any atom is -0.438 e. The zero-order valence-corrected chi connectivity index (χ0v) is 9.02. The van der Waals surface area contributed by atoms with Crippen molar-refractivity contribution in [3.63, 3.8) is 0 Å². The predicted molar refractivity (Wildman–Crippen MR) is 61.2 cm³/mol. The van der Waals surface area contributed by atoms with Crippen molar-refractivity contribution in [3.8, 4) is 11.6 Å². The van der Waals surface area contributed by atoms with Crippen LogP contribution in [0.3, 0.4) is 0 Å². The van der Waals surface area contributed by atoms with Gasteiger partial charge in [-0.1, -0.05) is 29.8 Å². The molecule has 2 aromatic rings. The maximum atomic E-state index is 10.7. The van der Waals surface area contributed by atoms with E-state index in [1.54, 1.807) is 12.1 Å². The highest BCUT2D eigenvalue weighted by molar-refractivity contribution is 6.34. The number of rotatable bonds is 3. The molecule has 0 fully saturated rings. The van der Waals surface area contributed by atoms with Crippen molar-refractivity contribution < 1.29 is 9.53 Å². The van der Waals surface area contributed by atoms with Gasteiger partial charge in [-0.2, -0.15) is 0 Å². The van der Waals surface area contributed by atoms with Crippen molar-refractivity contribution >= 4 is 17.9 Å². The number of pyridine rings is 1. The van der Waals surface area contributed by atoms with Gasteiger partial charge in [0.25, 0.3) is 0 Å². The lowest BCUT2D eigenvalue weighted by atomic mass is 10.3. The molecule has 0 radical (unpaired) electrons. The number of halogens is 1. The fraction of sp³-hybridized carbons (Fsp3) is 0. The van der Waals surface area contributed by atoms with Crippen molar-refractivity contribution in [2.75, 3.05) is 0 Å². The van der Waals surface area contributed by atoms with E-state index in [1.165, 1.54) is 12.3 Å². The third kappa shape index (κ3) is 2.20. The molecule has 0 atom stereocenters. The van der Waals surface area contributed by atoms with Crippen molar-refractivity contribution in [3.05, 3.63) is 53.2 Å². The van der Waals surface area contributed by atoms with E-state index in [2.05, 4.69) is 4.98 Å². The minimum atomic E-state index is 0.223. The van der Waals surface area contributed by atoms with Crippen LogP contribution in [0.1, 0.15) is 10.4 Å². The monoisotopic (exact) mass is 233 g/mol. The lowest BCUT2D eigenvalue weighted by molar-refractivity contribution is 0.112. The number of hydrogen-bond donors (Lipinski definition) is 0. The molecule has 4 heteroatoms. The van der Waals surface area contributed by atoms with Crippen molar-refractivity contribution in [1.82, 2.24) is 4.98 Å². The number of aldehydes is 1. The summed E-state index contributed by atoms with van der Waals surface area (Å²) in [5.41, 5.74) is 0.364. The number of carbonyl (C=O) groups is 1. The summed E-state index contributed by atoms with van der Waals surface area (Å²) in [5.74, 6) is 0.859. The molecule has 3 nitrogen and oxygen atoms in total. The van der Waals surface area contributed by atoms with Crippen LogP contribution >= 0.6 is 11.6 Å². The second kappa shape index (κ2) is 4.77. The third-order valence-corrected chi connectivity index (χ3v) is 2.35. The molecule has 0 bridgehead atoms. The Morgan fingerprint density at radius 3 is 2.62 bits per heavy atom. The van der Waals surface area contributed by atoms with E-state index >= 15 is 0 Å². The number of hydrogen-bond acceptors (Lipinski definition) is 3. The molecular formula is C12H8ClNO2. The Morgan fingerprint density at radius 1 is 1.19 bits per heavy atom. The zero-order chi connectivity index (χ0) is 11.4. The Labute approximate surface area is 97.7 Å². The summed E-state index contributed by atoms with van der Waals surface area (Å²) >= 11 is 5.94. The number of nitrogens with zero attached hydrogens (tertiary/aromatic N) is 1. The van der Waals surface area contributed by atoms with E-state index in [0.717, 1.165) is 0 Å². The van der Waals surface area contributed by atoms with Gasteiger partial charge >= 0.3 is 0 Å². The molecule has 0 aliphatic rings. The number of carbonyl (C=O) groups excluding carboxylic acids is 1. The van der Waals surface area contributed by atoms with E-state index < -0.39 is 0 Å². The van der Waals surface area contributed by atoms with Gasteiger partial charge in [-0.15, -0.1) is 0 Å². The summed E-state index contributed by atoms with van der Waals surface area (Å²) in [5, 5.41) is 0.223. The van der Waals surface area contributed by atoms with Gasteiger partial charge in [0.1, 0.15) is 10.8 Å². The lowest BCUT2D eigenvalue weighted by Gasteiger charge is -2.06. The average molecular weight is 234 g/mol. The summed E-state index contributed by atoms with van der Waals surface area (Å²) in [6.45, 7) is 0. The molecule has 0 saturated carbocycles. The van der Waals surface area contributed by atoms with Crippen molar-refractivity contribution in [1.29, 1.82) is 0 Å². The van der Waals surface area contributed by atoms with Crippen LogP contribution in [0.25, 0.3) is 0 Å². The Hall–Kier alpha value is -1.87. The van der Waals surface area contributed by atoms with Crippen LogP contribution in [0, 0.1) is 0 Å². The third-order valence-electron chi connectivity index (χ3n) is 1.97. The highest BCUT2D eigenvalue weighted by atomic mass is 35.5. The first-order chi connectivity index (χ1) is 7.81. The molecule has 80 valence electrons. The van der Waals surface area contributed by atoms with E-state index in [4.69, 9.17) is 16.3 Å². The Bertz CT molecular complexity index is 500. The summed E-state index contributed by atoms with van der Waals surface area (Å²) < 4.78 is 5.45. The number of aromatic nitrogens is 1. The first-order valence-corrected chi connectivity index (χ1v) is 5.01. The van der Waals surface area contributed by atoms with Gasteiger partial charge in [-0.05, 0) is 18.2 Å². The van der Waals surface area contributed by atoms with E-state index in [1.807, 2.05) is 18.2 Å². The fourth-order valence-electron chi connectivity index (χ4n) is 1.20. The second-order valence-corrected chi connectivity index (χ2v) is 3.43. The van der Waals surface area contributed by atoms with Crippen LogP contribution in [0.4, 0.5) is 0 Å². The molecule has 16 heavy (non-hydrogen) atoms. The molecule has 1 aromatic heterocycles. The maximum Gasteiger partial charge on any atom is 0.238 e. The molecule has 0 unspecified atom stereocenters. The molecule has 1 aromatic carbocycles. The molecule has 0 aliphatic carbocycles. The molecular weight excluding hydrogens is 226 g/mol. The highest BCUT2D eigenvalue weighted by Gasteiger charge is 2.08. The molecule has 1 heterocycles. The first kappa shape index (κ1) is 10.6. The number of ether oxygens (including phenoxy) is 1. The van der Waals surface area contributed by atoms with E-state index in [0.29, 0.717) is 17.6 Å². The first-order valence-electron chi connectivity index (χ1n) is 4.64. The van der Waals surface area contributed by atoms with Crippen LogP contribution in [-0.4, -0.2) is 11.3 Å². The molecule has 2 rings (SSSR count). The zero-order valence-electron chi connectivity index (χ0n) is 8.26. The quantitative estimate of drug-likeness (QED) is 0.764. The van der Waals surface area contributed by atoms with Gasteiger partial charge in [-0.25, -0.2) is 4.98 Å². The van der Waals surface area contributed by atoms with Gasteiger partial charge in [0.15, 0.2) is 6.29 Å². The summed E-state index contributed by atoms with van der Waals surface area (Å²) in [4.78, 5) is 14.6. The maximum absolute atomic E-state index is 10.7. The molecule has 0 saturated heterocycles. The topological polar surface area (TPSA) is 39.2 Å². The fourth-order valence-corrected chi connectivity index (χ4v) is 1.40. The molecule has 0 N–H and O–H groups in total. The van der Waals surface area contributed by atoms with Crippen LogP contribution in [-0.2, 0) is 0 Å². The Kier molecular flexibility index (Phi) is 3.17. The largest absolute Gasteiger partial charge is 0.438 e. The molecule has 0 aliphatic heterocycles. The SMILES string of the molecule is O=Cc1ccnc(Oc2ccccc2)c1Cl. The average Bonchev–Trinajstić information content (AvgIpc) is 2.33. The molecule has 0 amide bonds. The smallest absolute Gasteiger partial charge is 0.238 e. The van der Waals surface area contributed by atoms with Crippen molar-refractivity contribution in [2.45, 2.75) is 0 Å². The normalized spacial score (nSPS) is 9.81. The van der Waals surface area contributed by atoms with Crippen LogP contribution in [0.5, 0.6) is 11.6 Å². The summed E-state index contributed by atoms with van der Waals surface area (Å²) in [6.07, 6.45) is 2.15. The molecule has 0 spiro atoms. The Morgan fingerprint density at radius 2 is 1.94 bits per heavy atom. The standard InChI is InChI=1S/C12H8ClNO2/c13-11-9(8-15)6-7-14-12(11)16-10-4-2-1-3-5-10/h1-8H. The number of para-hydroxylation sites is 1. The van der Waals surface area contributed by atoms with Gasteiger partial charge in [0.05, 0.1) is 0 Å². The number of benzene rings is 1. The predicted octanol–water partition coefficient (Wildman–Crippen LogP) is 3.34. The van der Waals surface area contributed by atoms with Gasteiger partial charge < -0.3 is 4.74 Å². The van der Waals surface area contributed by atoms with Gasteiger partial charge in [-0.3, -0.25) is 4.79 Å². The summed E-state index contributed by atoms with van der Waals surface area (Å²) in [7, 11) is 0. The Balaban J connectivity index is 2.32. The van der Waals surface area contributed by atoms with Crippen LogP contribution in [0.15, 0.2) is 42.6 Å². The van der Waals surface area contributed by atoms with Crippen LogP contribution < -0.4 is 4.74 Å². The summed E-state index contributed by atoms with van der Waals surface area (Å²) in [6, 6.07) is 10.7. The van der Waals surface area contributed by atoms with E-state index in [-0.39, 0.29) is 10.9 Å². The van der Waals surface area contributed by atoms with Crippen LogP contribution in [0.2, 0.25) is 5.02 Å². The van der Waals surface area contributed by atoms with Crippen molar-refractivity contribution in [2.24, 2.45) is 0 Å². The van der Waals surface area contributed by atoms with Gasteiger partial charge in [0, 0.05) is 11.8 Å². The van der Waals surface area contributed by atoms with Gasteiger partial charge in [0.2, 0.25) is 5.88 Å². The second-order valence-electron chi connectivity index (χ2n) is 3.05. The minimum absolute atomic E-state index is 0.223. The van der Waals surface area contributed by atoms with E-state index in [9.17, 15) is 4.79 Å². The lowest BCUT2D eigenvalue weighted by Crippen LogP contribution is -1.92. The highest BCUT2D eigenvalue weighted by Crippen LogP contribution is 2.28.